The van der Waals surface area contributed by atoms with Crippen molar-refractivity contribution >= 4 is 0 Å². The van der Waals surface area contributed by atoms with Crippen molar-refractivity contribution in [2.24, 2.45) is 0 Å². The topological polar surface area (TPSA) is 77.5 Å². The fourth-order valence-corrected chi connectivity index (χ4v) is 3.25. The molecular weight excluding hydrogens is 437 g/mol. The maximum absolute atomic E-state index is 13.3. The van der Waals surface area contributed by atoms with Crippen LogP contribution >= 0.6 is 0 Å². The first-order valence-corrected chi connectivity index (χ1v) is 10.0. The first-order valence-electron chi connectivity index (χ1n) is 10.0. The zero-order valence-electron chi connectivity index (χ0n) is 17.2. The van der Waals surface area contributed by atoms with Gasteiger partial charge in [0.1, 0.15) is 23.6 Å². The van der Waals surface area contributed by atoms with Gasteiger partial charge < -0.3 is 14.3 Å². The van der Waals surface area contributed by atoms with Crippen LogP contribution in [0.15, 0.2) is 82.0 Å². The Morgan fingerprint density at radius 1 is 0.848 bits per heavy atom. The van der Waals surface area contributed by atoms with Crippen LogP contribution in [0.25, 0.3) is 11.5 Å². The van der Waals surface area contributed by atoms with Gasteiger partial charge in [-0.15, -0.1) is 5.10 Å². The van der Waals surface area contributed by atoms with Crippen molar-refractivity contribution in [1.29, 1.82) is 0 Å². The van der Waals surface area contributed by atoms with Crippen molar-refractivity contribution in [1.82, 2.24) is 9.78 Å². The van der Waals surface area contributed by atoms with E-state index in [-0.39, 0.29) is 19.0 Å². The van der Waals surface area contributed by atoms with Gasteiger partial charge in [-0.1, -0.05) is 24.3 Å². The quantitative estimate of drug-likeness (QED) is 0.432. The average molecular weight is 456 g/mol. The fourth-order valence-electron chi connectivity index (χ4n) is 3.25. The predicted molar refractivity (Wildman–Crippen MR) is 113 cm³/mol. The molecule has 3 aromatic carbocycles. The normalized spacial score (nSPS) is 12.3. The molecule has 1 atom stereocenters. The second-order valence-corrected chi connectivity index (χ2v) is 7.33. The lowest BCUT2D eigenvalue weighted by Gasteiger charge is -2.21. The number of benzene rings is 3. The second kappa shape index (κ2) is 9.85. The van der Waals surface area contributed by atoms with E-state index in [0.717, 1.165) is 4.68 Å². The summed E-state index contributed by atoms with van der Waals surface area (Å²) in [5, 5.41) is 14.5. The van der Waals surface area contributed by atoms with Crippen LogP contribution in [0.5, 0.6) is 0 Å². The van der Waals surface area contributed by atoms with E-state index in [9.17, 15) is 23.1 Å². The first-order chi connectivity index (χ1) is 15.9. The molecule has 0 spiro atoms. The summed E-state index contributed by atoms with van der Waals surface area (Å²) >= 11 is 0. The van der Waals surface area contributed by atoms with E-state index in [4.69, 9.17) is 9.15 Å². The summed E-state index contributed by atoms with van der Waals surface area (Å²) < 4.78 is 51.7. The largest absolute Gasteiger partial charge is 0.437 e. The van der Waals surface area contributed by atoms with E-state index in [1.54, 1.807) is 0 Å². The molecular formula is C24H19F3N2O4. The first kappa shape index (κ1) is 22.5. The molecule has 1 aromatic heterocycles. The molecule has 4 rings (SSSR count). The highest BCUT2D eigenvalue weighted by molar-refractivity contribution is 5.51. The van der Waals surface area contributed by atoms with E-state index in [1.807, 2.05) is 0 Å². The molecule has 1 heterocycles. The summed E-state index contributed by atoms with van der Waals surface area (Å²) in [7, 11) is 0. The van der Waals surface area contributed by atoms with Gasteiger partial charge in [0.2, 0.25) is 5.89 Å². The zero-order chi connectivity index (χ0) is 23.4. The molecule has 6 nitrogen and oxygen atoms in total. The molecule has 33 heavy (non-hydrogen) atoms. The minimum absolute atomic E-state index is 0.0105. The molecule has 4 aromatic rings. The van der Waals surface area contributed by atoms with Crippen molar-refractivity contribution in [2.45, 2.75) is 18.8 Å². The van der Waals surface area contributed by atoms with Crippen molar-refractivity contribution in [3.05, 3.63) is 112 Å². The Kier molecular flexibility index (Phi) is 6.71. The van der Waals surface area contributed by atoms with Gasteiger partial charge in [0.15, 0.2) is 0 Å². The van der Waals surface area contributed by atoms with Crippen molar-refractivity contribution in [3.63, 3.8) is 0 Å². The summed E-state index contributed by atoms with van der Waals surface area (Å²) in [5.74, 6) is -2.08. The summed E-state index contributed by atoms with van der Waals surface area (Å²) in [6.45, 7) is -0.423. The summed E-state index contributed by atoms with van der Waals surface area (Å²) in [5.41, 5.74) is 1.62. The lowest BCUT2D eigenvalue weighted by Crippen LogP contribution is -2.28. The highest BCUT2D eigenvalue weighted by Gasteiger charge is 2.19. The number of ether oxygens (including phenoxy) is 1. The average Bonchev–Trinajstić information content (AvgIpc) is 3.16. The van der Waals surface area contributed by atoms with Gasteiger partial charge >= 0.3 is 5.76 Å². The van der Waals surface area contributed by atoms with Gasteiger partial charge in [-0.2, -0.15) is 4.68 Å². The molecule has 0 amide bonds. The molecule has 0 aliphatic carbocycles. The summed E-state index contributed by atoms with van der Waals surface area (Å²) in [6, 6.07) is 16.5. The van der Waals surface area contributed by atoms with Crippen LogP contribution in [0.1, 0.15) is 17.2 Å². The maximum atomic E-state index is 13.3. The molecule has 9 heteroatoms. The Bertz CT molecular complexity index is 1210. The molecule has 0 saturated heterocycles. The Morgan fingerprint density at radius 3 is 1.85 bits per heavy atom. The number of hydrogen-bond acceptors (Lipinski definition) is 5. The smallest absolute Gasteiger partial charge is 0.389 e. The third-order valence-electron chi connectivity index (χ3n) is 4.88. The molecule has 170 valence electrons. The van der Waals surface area contributed by atoms with Crippen LogP contribution in [0, 0.1) is 17.5 Å². The van der Waals surface area contributed by atoms with E-state index < -0.39 is 35.4 Å². The predicted octanol–water partition coefficient (Wildman–Crippen LogP) is 4.09. The highest BCUT2D eigenvalue weighted by Crippen LogP contribution is 2.27. The van der Waals surface area contributed by atoms with Crippen LogP contribution in [0.3, 0.4) is 0 Å². The number of aliphatic hydroxyl groups excluding tert-OH is 1. The zero-order valence-corrected chi connectivity index (χ0v) is 17.2. The molecule has 0 aliphatic heterocycles. The molecule has 0 radical (unpaired) electrons. The van der Waals surface area contributed by atoms with Gasteiger partial charge in [-0.25, -0.2) is 18.0 Å². The molecule has 0 fully saturated rings. The number of aliphatic hydroxyl groups is 1. The van der Waals surface area contributed by atoms with Gasteiger partial charge in [0.25, 0.3) is 0 Å². The summed E-state index contributed by atoms with van der Waals surface area (Å²) in [6.07, 6.45) is -1.85. The van der Waals surface area contributed by atoms with Gasteiger partial charge in [0.05, 0.1) is 19.3 Å². The number of halogens is 3. The van der Waals surface area contributed by atoms with Crippen molar-refractivity contribution in [2.75, 3.05) is 6.61 Å². The second-order valence-electron chi connectivity index (χ2n) is 7.33. The molecule has 0 aliphatic rings. The van der Waals surface area contributed by atoms with Crippen molar-refractivity contribution in [3.8, 4) is 11.5 Å². The van der Waals surface area contributed by atoms with Crippen LogP contribution in [-0.4, -0.2) is 27.6 Å². The number of hydrogen-bond donors (Lipinski definition) is 1. The SMILES string of the molecule is O=c1oc(-c2ccc(F)cc2)nn1CC(O)COC(c1ccc(F)cc1)c1ccc(F)cc1. The van der Waals surface area contributed by atoms with Gasteiger partial charge in [-0.05, 0) is 59.7 Å². The lowest BCUT2D eigenvalue weighted by molar-refractivity contribution is -0.00262. The highest BCUT2D eigenvalue weighted by atomic mass is 19.1. The number of rotatable bonds is 8. The maximum Gasteiger partial charge on any atom is 0.437 e. The molecule has 1 N–H and O–H groups in total. The summed E-state index contributed by atoms with van der Waals surface area (Å²) in [4.78, 5) is 12.1. The van der Waals surface area contributed by atoms with E-state index in [1.165, 1.54) is 72.8 Å². The van der Waals surface area contributed by atoms with E-state index in [0.29, 0.717) is 16.7 Å². The van der Waals surface area contributed by atoms with Gasteiger partial charge in [0, 0.05) is 5.56 Å². The minimum Gasteiger partial charge on any atom is -0.389 e. The lowest BCUT2D eigenvalue weighted by atomic mass is 10.0. The number of nitrogens with zero attached hydrogens (tertiary/aromatic N) is 2. The third kappa shape index (κ3) is 5.57. The molecule has 0 bridgehead atoms. The van der Waals surface area contributed by atoms with Crippen molar-refractivity contribution < 1.29 is 27.4 Å². The molecule has 0 saturated carbocycles. The Morgan fingerprint density at radius 2 is 1.33 bits per heavy atom. The Balaban J connectivity index is 1.47. The van der Waals surface area contributed by atoms with Crippen LogP contribution in [-0.2, 0) is 11.3 Å². The Hall–Kier alpha value is -3.69. The minimum atomic E-state index is -1.14. The number of aromatic nitrogens is 2. The van der Waals surface area contributed by atoms with E-state index >= 15 is 0 Å². The Labute approximate surface area is 186 Å². The fraction of sp³-hybridized carbons (Fsp3) is 0.167. The third-order valence-corrected chi connectivity index (χ3v) is 4.88. The van der Waals surface area contributed by atoms with Crippen LogP contribution < -0.4 is 5.76 Å². The van der Waals surface area contributed by atoms with Crippen LogP contribution in [0.2, 0.25) is 0 Å². The molecule has 1 unspecified atom stereocenters. The van der Waals surface area contributed by atoms with Gasteiger partial charge in [-0.3, -0.25) is 0 Å². The standard InChI is InChI=1S/C24H19F3N2O4/c25-18-7-1-15(2-8-18)22(16-3-9-19(26)10-4-16)32-14-21(30)13-29-24(31)33-23(28-29)17-5-11-20(27)12-6-17/h1-12,21-22,30H,13-14H2. The monoisotopic (exact) mass is 456 g/mol. The van der Waals surface area contributed by atoms with E-state index in [2.05, 4.69) is 5.10 Å². The van der Waals surface area contributed by atoms with Crippen LogP contribution in [0.4, 0.5) is 13.2 Å².